The SMILES string of the molecule is CC1OCCC1NC(=O)CC1(C(=O)O)CCC1. The molecule has 5 heteroatoms. The fourth-order valence-electron chi connectivity index (χ4n) is 2.56. The second-order valence-electron chi connectivity index (χ2n) is 5.15. The number of hydrogen-bond acceptors (Lipinski definition) is 3. The molecule has 2 aliphatic rings. The first kappa shape index (κ1) is 12.4. The van der Waals surface area contributed by atoms with Crippen LogP contribution in [0.15, 0.2) is 0 Å². The number of carbonyl (C=O) groups is 2. The fourth-order valence-corrected chi connectivity index (χ4v) is 2.56. The predicted octanol–water partition coefficient (Wildman–Crippen LogP) is 0.925. The normalized spacial score (nSPS) is 30.6. The number of hydrogen-bond donors (Lipinski definition) is 2. The molecular formula is C12H19NO4. The zero-order chi connectivity index (χ0) is 12.5. The first-order valence-corrected chi connectivity index (χ1v) is 6.18. The number of amides is 1. The van der Waals surface area contributed by atoms with Crippen LogP contribution in [0.5, 0.6) is 0 Å². The van der Waals surface area contributed by atoms with E-state index in [-0.39, 0.29) is 24.5 Å². The molecular weight excluding hydrogens is 222 g/mol. The lowest BCUT2D eigenvalue weighted by atomic mass is 9.66. The van der Waals surface area contributed by atoms with Crippen molar-refractivity contribution in [1.29, 1.82) is 0 Å². The molecule has 2 unspecified atom stereocenters. The van der Waals surface area contributed by atoms with Gasteiger partial charge in [-0.25, -0.2) is 0 Å². The topological polar surface area (TPSA) is 75.6 Å². The molecule has 2 N–H and O–H groups in total. The maximum atomic E-state index is 11.8. The summed E-state index contributed by atoms with van der Waals surface area (Å²) in [7, 11) is 0. The smallest absolute Gasteiger partial charge is 0.310 e. The Bertz CT molecular complexity index is 324. The monoisotopic (exact) mass is 241 g/mol. The van der Waals surface area contributed by atoms with Crippen molar-refractivity contribution in [3.8, 4) is 0 Å². The van der Waals surface area contributed by atoms with Gasteiger partial charge in [-0.05, 0) is 26.2 Å². The minimum atomic E-state index is -0.838. The third kappa shape index (κ3) is 2.44. The minimum absolute atomic E-state index is 0.0288. The van der Waals surface area contributed by atoms with Crippen molar-refractivity contribution in [2.75, 3.05) is 6.61 Å². The molecule has 0 aromatic carbocycles. The average Bonchev–Trinajstić information content (AvgIpc) is 2.58. The van der Waals surface area contributed by atoms with Crippen LogP contribution in [0.1, 0.15) is 39.0 Å². The Morgan fingerprint density at radius 3 is 2.59 bits per heavy atom. The summed E-state index contributed by atoms with van der Waals surface area (Å²) >= 11 is 0. The van der Waals surface area contributed by atoms with Gasteiger partial charge in [0.05, 0.1) is 17.6 Å². The molecule has 1 saturated carbocycles. The van der Waals surface area contributed by atoms with E-state index in [4.69, 9.17) is 9.84 Å². The van der Waals surface area contributed by atoms with Gasteiger partial charge in [0.15, 0.2) is 0 Å². The summed E-state index contributed by atoms with van der Waals surface area (Å²) in [6.45, 7) is 2.59. The van der Waals surface area contributed by atoms with Crippen molar-refractivity contribution in [3.05, 3.63) is 0 Å². The molecule has 0 spiro atoms. The molecule has 0 aromatic heterocycles. The van der Waals surface area contributed by atoms with Gasteiger partial charge in [0.25, 0.3) is 0 Å². The zero-order valence-electron chi connectivity index (χ0n) is 10.1. The zero-order valence-corrected chi connectivity index (χ0v) is 10.1. The molecule has 1 saturated heterocycles. The van der Waals surface area contributed by atoms with Crippen LogP contribution in [0.4, 0.5) is 0 Å². The van der Waals surface area contributed by atoms with E-state index in [1.807, 2.05) is 6.92 Å². The number of ether oxygens (including phenoxy) is 1. The van der Waals surface area contributed by atoms with Crippen LogP contribution in [0.3, 0.4) is 0 Å². The second kappa shape index (κ2) is 4.64. The van der Waals surface area contributed by atoms with E-state index in [0.29, 0.717) is 19.4 Å². The highest BCUT2D eigenvalue weighted by atomic mass is 16.5. The van der Waals surface area contributed by atoms with E-state index in [0.717, 1.165) is 12.8 Å². The van der Waals surface area contributed by atoms with Gasteiger partial charge in [-0.2, -0.15) is 0 Å². The van der Waals surface area contributed by atoms with Gasteiger partial charge >= 0.3 is 5.97 Å². The summed E-state index contributed by atoms with van der Waals surface area (Å²) < 4.78 is 5.35. The first-order valence-electron chi connectivity index (χ1n) is 6.18. The maximum Gasteiger partial charge on any atom is 0.310 e. The summed E-state index contributed by atoms with van der Waals surface area (Å²) in [5.74, 6) is -0.996. The molecule has 0 radical (unpaired) electrons. The Balaban J connectivity index is 1.86. The van der Waals surface area contributed by atoms with Gasteiger partial charge in [-0.3, -0.25) is 9.59 Å². The van der Waals surface area contributed by atoms with E-state index in [1.165, 1.54) is 0 Å². The molecule has 2 fully saturated rings. The number of carboxylic acids is 1. The van der Waals surface area contributed by atoms with Crippen LogP contribution in [-0.4, -0.2) is 35.7 Å². The highest BCUT2D eigenvalue weighted by Gasteiger charge is 2.46. The van der Waals surface area contributed by atoms with Crippen molar-refractivity contribution < 1.29 is 19.4 Å². The van der Waals surface area contributed by atoms with Gasteiger partial charge in [-0.1, -0.05) is 6.42 Å². The second-order valence-corrected chi connectivity index (χ2v) is 5.15. The van der Waals surface area contributed by atoms with Crippen molar-refractivity contribution in [2.24, 2.45) is 5.41 Å². The van der Waals surface area contributed by atoms with E-state index in [9.17, 15) is 9.59 Å². The molecule has 1 amide bonds. The number of aliphatic carboxylic acids is 1. The number of rotatable bonds is 4. The van der Waals surface area contributed by atoms with Crippen LogP contribution in [-0.2, 0) is 14.3 Å². The Kier molecular flexibility index (Phi) is 3.38. The van der Waals surface area contributed by atoms with E-state index in [1.54, 1.807) is 0 Å². The quantitative estimate of drug-likeness (QED) is 0.767. The van der Waals surface area contributed by atoms with E-state index in [2.05, 4.69) is 5.32 Å². The minimum Gasteiger partial charge on any atom is -0.481 e. The van der Waals surface area contributed by atoms with Gasteiger partial charge in [0.1, 0.15) is 0 Å². The van der Waals surface area contributed by atoms with Crippen molar-refractivity contribution in [3.63, 3.8) is 0 Å². The Morgan fingerprint density at radius 2 is 2.18 bits per heavy atom. The summed E-state index contributed by atoms with van der Waals surface area (Å²) in [5.41, 5.74) is -0.799. The largest absolute Gasteiger partial charge is 0.481 e. The molecule has 17 heavy (non-hydrogen) atoms. The van der Waals surface area contributed by atoms with Crippen molar-refractivity contribution >= 4 is 11.9 Å². The van der Waals surface area contributed by atoms with Crippen LogP contribution in [0, 0.1) is 5.41 Å². The van der Waals surface area contributed by atoms with Gasteiger partial charge in [-0.15, -0.1) is 0 Å². The molecule has 1 heterocycles. The van der Waals surface area contributed by atoms with Gasteiger partial charge < -0.3 is 15.2 Å². The third-order valence-electron chi connectivity index (χ3n) is 3.99. The average molecular weight is 241 g/mol. The highest BCUT2D eigenvalue weighted by Crippen LogP contribution is 2.44. The lowest BCUT2D eigenvalue weighted by molar-refractivity contribution is -0.157. The maximum absolute atomic E-state index is 11.8. The standard InChI is InChI=1S/C12H19NO4/c1-8-9(3-6-17-8)13-10(14)7-12(11(15)16)4-2-5-12/h8-9H,2-7H2,1H3,(H,13,14)(H,15,16). The van der Waals surface area contributed by atoms with E-state index >= 15 is 0 Å². The molecule has 96 valence electrons. The van der Waals surface area contributed by atoms with Crippen LogP contribution < -0.4 is 5.32 Å². The summed E-state index contributed by atoms with van der Waals surface area (Å²) in [5, 5.41) is 12.0. The predicted molar refractivity (Wildman–Crippen MR) is 60.5 cm³/mol. The number of carboxylic acid groups (broad SMARTS) is 1. The number of carbonyl (C=O) groups excluding carboxylic acids is 1. The van der Waals surface area contributed by atoms with E-state index < -0.39 is 11.4 Å². The molecule has 0 aromatic rings. The number of nitrogens with one attached hydrogen (secondary N) is 1. The van der Waals surface area contributed by atoms with Crippen molar-refractivity contribution in [2.45, 2.75) is 51.2 Å². The lowest BCUT2D eigenvalue weighted by Crippen LogP contribution is -2.46. The van der Waals surface area contributed by atoms with Crippen LogP contribution in [0.2, 0.25) is 0 Å². The molecule has 1 aliphatic heterocycles. The van der Waals surface area contributed by atoms with Gasteiger partial charge in [0.2, 0.25) is 5.91 Å². The third-order valence-corrected chi connectivity index (χ3v) is 3.99. The fraction of sp³-hybridized carbons (Fsp3) is 0.833. The highest BCUT2D eigenvalue weighted by molar-refractivity contribution is 5.85. The van der Waals surface area contributed by atoms with Crippen LogP contribution in [0.25, 0.3) is 0 Å². The molecule has 0 bridgehead atoms. The summed E-state index contributed by atoms with van der Waals surface area (Å²) in [6.07, 6.45) is 3.08. The van der Waals surface area contributed by atoms with Crippen LogP contribution >= 0.6 is 0 Å². The Morgan fingerprint density at radius 1 is 1.47 bits per heavy atom. The Labute approximate surface area is 101 Å². The molecule has 2 atom stereocenters. The van der Waals surface area contributed by atoms with Gasteiger partial charge in [0, 0.05) is 13.0 Å². The molecule has 1 aliphatic carbocycles. The Hall–Kier alpha value is -1.10. The first-order chi connectivity index (χ1) is 8.03. The molecule has 5 nitrogen and oxygen atoms in total. The summed E-state index contributed by atoms with van der Waals surface area (Å²) in [4.78, 5) is 23.0. The molecule has 2 rings (SSSR count). The lowest BCUT2D eigenvalue weighted by Gasteiger charge is -2.37. The van der Waals surface area contributed by atoms with Crippen molar-refractivity contribution in [1.82, 2.24) is 5.32 Å². The summed E-state index contributed by atoms with van der Waals surface area (Å²) in [6, 6.07) is 0.0356.